The van der Waals surface area contributed by atoms with Gasteiger partial charge in [-0.3, -0.25) is 14.2 Å². The number of carbonyl (C=O) groups is 2. The second-order valence-corrected chi connectivity index (χ2v) is 8.65. The van der Waals surface area contributed by atoms with Gasteiger partial charge in [-0.25, -0.2) is 0 Å². The molecule has 6 heteroatoms. The highest BCUT2D eigenvalue weighted by Crippen LogP contribution is 2.50. The van der Waals surface area contributed by atoms with Gasteiger partial charge < -0.3 is 14.7 Å². The molecule has 0 spiro atoms. The quantitative estimate of drug-likeness (QED) is 0.700. The van der Waals surface area contributed by atoms with Gasteiger partial charge >= 0.3 is 0 Å². The van der Waals surface area contributed by atoms with Gasteiger partial charge in [0.05, 0.1) is 19.0 Å². The van der Waals surface area contributed by atoms with Crippen LogP contribution < -0.4 is 4.74 Å². The Hall–Kier alpha value is -3.12. The Bertz CT molecular complexity index is 1150. The summed E-state index contributed by atoms with van der Waals surface area (Å²) in [6.07, 6.45) is 4.24. The van der Waals surface area contributed by atoms with Crippen molar-refractivity contribution in [2.75, 3.05) is 7.11 Å². The van der Waals surface area contributed by atoms with Crippen LogP contribution in [0.25, 0.3) is 10.9 Å². The van der Waals surface area contributed by atoms with Crippen molar-refractivity contribution in [1.82, 2.24) is 9.47 Å². The molecule has 5 rings (SSSR count). The van der Waals surface area contributed by atoms with Crippen LogP contribution in [0.15, 0.2) is 60.8 Å². The minimum absolute atomic E-state index is 0.0197. The maximum Gasteiger partial charge on any atom is 0.260 e. The first-order chi connectivity index (χ1) is 15.0. The van der Waals surface area contributed by atoms with Gasteiger partial charge in [0.25, 0.3) is 5.91 Å². The van der Waals surface area contributed by atoms with Crippen LogP contribution >= 0.6 is 0 Å². The first kappa shape index (κ1) is 19.8. The number of amides is 1. The number of methoxy groups -OCH3 is 1. The van der Waals surface area contributed by atoms with E-state index in [0.29, 0.717) is 12.8 Å². The van der Waals surface area contributed by atoms with Gasteiger partial charge in [0, 0.05) is 18.1 Å². The van der Waals surface area contributed by atoms with Crippen LogP contribution in [-0.2, 0) is 11.3 Å². The Morgan fingerprint density at radius 2 is 1.81 bits per heavy atom. The Kier molecular flexibility index (Phi) is 4.63. The maximum absolute atomic E-state index is 14.1. The molecule has 2 heterocycles. The second-order valence-electron chi connectivity index (χ2n) is 8.65. The fraction of sp³-hybridized carbons (Fsp3) is 0.360. The zero-order chi connectivity index (χ0) is 21.6. The molecule has 2 atom stereocenters. The fourth-order valence-electron chi connectivity index (χ4n) is 5.43. The van der Waals surface area contributed by atoms with E-state index in [4.69, 9.17) is 4.74 Å². The number of benzene rings is 2. The van der Waals surface area contributed by atoms with E-state index in [1.807, 2.05) is 54.6 Å². The van der Waals surface area contributed by atoms with E-state index in [2.05, 4.69) is 0 Å². The molecule has 31 heavy (non-hydrogen) atoms. The Morgan fingerprint density at radius 1 is 1.06 bits per heavy atom. The first-order valence-corrected chi connectivity index (χ1v) is 10.8. The van der Waals surface area contributed by atoms with Crippen molar-refractivity contribution < 1.29 is 19.4 Å². The van der Waals surface area contributed by atoms with Crippen LogP contribution in [0.2, 0.25) is 0 Å². The zero-order valence-corrected chi connectivity index (χ0v) is 17.6. The SMILES string of the molecule is COc1ccc(CN2C(=O)CC3(O)CCCCC23C(=O)n2ccc3ccccc32)cc1. The summed E-state index contributed by atoms with van der Waals surface area (Å²) in [6, 6.07) is 17.1. The number of para-hydroxylation sites is 1. The summed E-state index contributed by atoms with van der Waals surface area (Å²) in [5, 5.41) is 12.6. The molecule has 6 nitrogen and oxygen atoms in total. The number of fused-ring (bicyclic) bond motifs is 2. The molecule has 2 fully saturated rings. The highest BCUT2D eigenvalue weighted by Gasteiger charge is 2.67. The molecule has 0 radical (unpaired) electrons. The molecule has 1 aliphatic carbocycles. The number of carbonyl (C=O) groups excluding carboxylic acids is 2. The summed E-state index contributed by atoms with van der Waals surface area (Å²) < 4.78 is 6.85. The normalized spacial score (nSPS) is 25.6. The molecule has 1 amide bonds. The summed E-state index contributed by atoms with van der Waals surface area (Å²) in [7, 11) is 1.61. The number of rotatable bonds is 4. The van der Waals surface area contributed by atoms with Gasteiger partial charge in [0.2, 0.25) is 5.91 Å². The number of ether oxygens (including phenoxy) is 1. The van der Waals surface area contributed by atoms with Crippen LogP contribution in [0, 0.1) is 0 Å². The summed E-state index contributed by atoms with van der Waals surface area (Å²) in [6.45, 7) is 0.274. The van der Waals surface area contributed by atoms with Gasteiger partial charge in [-0.2, -0.15) is 0 Å². The molecule has 3 aromatic rings. The second kappa shape index (κ2) is 7.24. The molecule has 1 N–H and O–H groups in total. The minimum atomic E-state index is -1.36. The van der Waals surface area contributed by atoms with Crippen LogP contribution in [0.4, 0.5) is 0 Å². The molecule has 1 saturated heterocycles. The summed E-state index contributed by atoms with van der Waals surface area (Å²) >= 11 is 0. The number of hydrogen-bond acceptors (Lipinski definition) is 4. The predicted molar refractivity (Wildman–Crippen MR) is 117 cm³/mol. The molecule has 0 bridgehead atoms. The Morgan fingerprint density at radius 3 is 2.58 bits per heavy atom. The number of likely N-dealkylation sites (tertiary alicyclic amines) is 1. The average molecular weight is 418 g/mol. The highest BCUT2D eigenvalue weighted by molar-refractivity contribution is 6.02. The lowest BCUT2D eigenvalue weighted by molar-refractivity contribution is -0.132. The van der Waals surface area contributed by atoms with E-state index in [1.165, 1.54) is 0 Å². The van der Waals surface area contributed by atoms with Crippen molar-refractivity contribution in [2.45, 2.75) is 49.8 Å². The van der Waals surface area contributed by atoms with Gasteiger partial charge in [-0.1, -0.05) is 43.2 Å². The van der Waals surface area contributed by atoms with E-state index < -0.39 is 11.1 Å². The molecule has 2 aliphatic rings. The lowest BCUT2D eigenvalue weighted by Gasteiger charge is -2.48. The minimum Gasteiger partial charge on any atom is -0.497 e. The molecular formula is C25H26N2O4. The first-order valence-electron chi connectivity index (χ1n) is 10.8. The Balaban J connectivity index is 1.61. The highest BCUT2D eigenvalue weighted by atomic mass is 16.5. The van der Waals surface area contributed by atoms with Crippen LogP contribution in [0.3, 0.4) is 0 Å². The zero-order valence-electron chi connectivity index (χ0n) is 17.6. The number of aliphatic hydroxyl groups is 1. The lowest BCUT2D eigenvalue weighted by atomic mass is 9.69. The van der Waals surface area contributed by atoms with Crippen molar-refractivity contribution in [3.05, 3.63) is 66.4 Å². The number of nitrogens with zero attached hydrogens (tertiary/aromatic N) is 2. The van der Waals surface area contributed by atoms with Gasteiger partial charge in [0.15, 0.2) is 5.54 Å². The van der Waals surface area contributed by atoms with Crippen molar-refractivity contribution in [1.29, 1.82) is 0 Å². The monoisotopic (exact) mass is 418 g/mol. The summed E-state index contributed by atoms with van der Waals surface area (Å²) in [4.78, 5) is 28.9. The number of aromatic nitrogens is 1. The summed E-state index contributed by atoms with van der Waals surface area (Å²) in [5.74, 6) is 0.329. The van der Waals surface area contributed by atoms with E-state index >= 15 is 0 Å². The molecule has 160 valence electrons. The third-order valence-electron chi connectivity index (χ3n) is 7.03. The lowest BCUT2D eigenvalue weighted by Crippen LogP contribution is -2.65. The van der Waals surface area contributed by atoms with Crippen LogP contribution in [0.1, 0.15) is 42.5 Å². The number of hydrogen-bond donors (Lipinski definition) is 1. The third-order valence-corrected chi connectivity index (χ3v) is 7.03. The maximum atomic E-state index is 14.1. The van der Waals surface area contributed by atoms with Gasteiger partial charge in [-0.05, 0) is 42.7 Å². The van der Waals surface area contributed by atoms with E-state index in [-0.39, 0.29) is 24.8 Å². The standard InChI is InChI=1S/C25H26N2O4/c1-31-20-10-8-18(9-11-20)17-27-22(28)16-24(30)13-4-5-14-25(24,27)23(29)26-15-12-19-6-2-3-7-21(19)26/h2-3,6-12,15,30H,4-5,13-14,16-17H2,1H3. The topological polar surface area (TPSA) is 71.8 Å². The molecular weight excluding hydrogens is 392 g/mol. The molecule has 1 aliphatic heterocycles. The Labute approximate surface area is 181 Å². The largest absolute Gasteiger partial charge is 0.497 e. The average Bonchev–Trinajstić information content (AvgIpc) is 3.31. The molecule has 2 unspecified atom stereocenters. The van der Waals surface area contributed by atoms with Crippen molar-refractivity contribution in [3.63, 3.8) is 0 Å². The molecule has 2 aromatic carbocycles. The van der Waals surface area contributed by atoms with Crippen molar-refractivity contribution in [3.8, 4) is 5.75 Å². The van der Waals surface area contributed by atoms with Crippen LogP contribution in [0.5, 0.6) is 5.75 Å². The van der Waals surface area contributed by atoms with Crippen molar-refractivity contribution >= 4 is 22.7 Å². The smallest absolute Gasteiger partial charge is 0.260 e. The third kappa shape index (κ3) is 2.89. The molecule has 1 saturated carbocycles. The fourth-order valence-corrected chi connectivity index (χ4v) is 5.43. The van der Waals surface area contributed by atoms with E-state index in [0.717, 1.165) is 35.1 Å². The predicted octanol–water partition coefficient (Wildman–Crippen LogP) is 3.77. The van der Waals surface area contributed by atoms with Crippen molar-refractivity contribution in [2.24, 2.45) is 0 Å². The van der Waals surface area contributed by atoms with E-state index in [9.17, 15) is 14.7 Å². The van der Waals surface area contributed by atoms with Gasteiger partial charge in [0.1, 0.15) is 11.4 Å². The van der Waals surface area contributed by atoms with Crippen LogP contribution in [-0.4, -0.2) is 44.6 Å². The van der Waals surface area contributed by atoms with E-state index in [1.54, 1.807) is 22.8 Å². The summed E-state index contributed by atoms with van der Waals surface area (Å²) in [5.41, 5.74) is -0.950. The molecule has 1 aromatic heterocycles. The van der Waals surface area contributed by atoms with Gasteiger partial charge in [-0.15, -0.1) is 0 Å².